The monoisotopic (exact) mass is 341 g/mol. The minimum atomic E-state index is 0.611. The average Bonchev–Trinajstić information content (AvgIpc) is 3.17. The predicted octanol–water partition coefficient (Wildman–Crippen LogP) is 6.25. The third-order valence-electron chi connectivity index (χ3n) is 5.37. The molecule has 0 aliphatic carbocycles. The number of benzene rings is 1. The van der Waals surface area contributed by atoms with E-state index in [9.17, 15) is 0 Å². The van der Waals surface area contributed by atoms with Crippen LogP contribution in [-0.2, 0) is 6.42 Å². The summed E-state index contributed by atoms with van der Waals surface area (Å²) >= 11 is 0. The van der Waals surface area contributed by atoms with Gasteiger partial charge in [0, 0.05) is 5.92 Å². The van der Waals surface area contributed by atoms with E-state index in [2.05, 4.69) is 72.5 Å². The third kappa shape index (κ3) is 7.05. The van der Waals surface area contributed by atoms with Gasteiger partial charge in [0.05, 0.1) is 0 Å². The van der Waals surface area contributed by atoms with E-state index in [0.717, 1.165) is 0 Å². The molecule has 2 rings (SSSR count). The fraction of sp³-hybridized carbons (Fsp3) is 0.609. The molecule has 1 aromatic carbocycles. The molecule has 0 saturated heterocycles. The second-order valence-corrected chi connectivity index (χ2v) is 7.42. The van der Waals surface area contributed by atoms with E-state index in [0.29, 0.717) is 12.0 Å². The lowest BCUT2D eigenvalue weighted by Crippen LogP contribution is -2.42. The zero-order valence-corrected chi connectivity index (χ0v) is 16.3. The van der Waals surface area contributed by atoms with Crippen molar-refractivity contribution < 1.29 is 4.57 Å². The van der Waals surface area contributed by atoms with Gasteiger partial charge in [-0.15, -0.1) is 0 Å². The summed E-state index contributed by atoms with van der Waals surface area (Å²) in [7, 11) is 0. The molecule has 1 heterocycles. The molecule has 0 aliphatic heterocycles. The zero-order valence-electron chi connectivity index (χ0n) is 16.3. The zero-order chi connectivity index (χ0) is 17.7. The van der Waals surface area contributed by atoms with Gasteiger partial charge in [0.25, 0.3) is 0 Å². The summed E-state index contributed by atoms with van der Waals surface area (Å²) in [6.45, 7) is 4.60. The van der Waals surface area contributed by atoms with Crippen molar-refractivity contribution in [1.82, 2.24) is 4.98 Å². The molecule has 1 aromatic heterocycles. The van der Waals surface area contributed by atoms with Crippen LogP contribution in [0.1, 0.15) is 83.2 Å². The molecule has 2 atom stereocenters. The molecule has 2 unspecified atom stereocenters. The Kier molecular flexibility index (Phi) is 9.40. The molecule has 2 heteroatoms. The number of imidazole rings is 1. The molecular formula is C23H37N2+. The van der Waals surface area contributed by atoms with Crippen LogP contribution in [0.2, 0.25) is 0 Å². The number of nitrogens with one attached hydrogen (secondary N) is 1. The first kappa shape index (κ1) is 19.8. The van der Waals surface area contributed by atoms with Crippen molar-refractivity contribution in [2.24, 2.45) is 5.92 Å². The Labute approximate surface area is 154 Å². The molecule has 0 saturated carbocycles. The summed E-state index contributed by atoms with van der Waals surface area (Å²) in [5.74, 6) is 0.717. The predicted molar refractivity (Wildman–Crippen MR) is 107 cm³/mol. The highest BCUT2D eigenvalue weighted by molar-refractivity contribution is 5.15. The number of hydrogen-bond donors (Lipinski definition) is 1. The minimum absolute atomic E-state index is 0.611. The van der Waals surface area contributed by atoms with Gasteiger partial charge >= 0.3 is 0 Å². The quantitative estimate of drug-likeness (QED) is 0.328. The topological polar surface area (TPSA) is 19.7 Å². The molecule has 1 N–H and O–H groups in total. The largest absolute Gasteiger partial charge is 0.250 e. The molecule has 0 spiro atoms. The lowest BCUT2D eigenvalue weighted by molar-refractivity contribution is -0.730. The van der Waals surface area contributed by atoms with Crippen LogP contribution in [0.15, 0.2) is 49.1 Å². The van der Waals surface area contributed by atoms with E-state index < -0.39 is 0 Å². The Morgan fingerprint density at radius 2 is 1.64 bits per heavy atom. The fourth-order valence-electron chi connectivity index (χ4n) is 3.91. The summed E-state index contributed by atoms with van der Waals surface area (Å²) in [5, 5.41) is 0. The molecule has 25 heavy (non-hydrogen) atoms. The van der Waals surface area contributed by atoms with Crippen molar-refractivity contribution in [1.29, 1.82) is 0 Å². The molecule has 138 valence electrons. The van der Waals surface area contributed by atoms with Crippen molar-refractivity contribution in [2.45, 2.75) is 84.1 Å². The lowest BCUT2D eigenvalue weighted by Gasteiger charge is -2.25. The first-order valence-corrected chi connectivity index (χ1v) is 10.4. The van der Waals surface area contributed by atoms with Gasteiger partial charge < -0.3 is 0 Å². The number of hydrogen-bond acceptors (Lipinski definition) is 0. The Balaban J connectivity index is 2.05. The summed E-state index contributed by atoms with van der Waals surface area (Å²) in [6, 6.07) is 11.7. The van der Waals surface area contributed by atoms with Crippen molar-refractivity contribution in [3.8, 4) is 0 Å². The number of aromatic nitrogens is 2. The van der Waals surface area contributed by atoms with Gasteiger partial charge in [0.2, 0.25) is 6.33 Å². The van der Waals surface area contributed by atoms with Crippen LogP contribution in [-0.4, -0.2) is 4.98 Å². The van der Waals surface area contributed by atoms with Gasteiger partial charge in [0.1, 0.15) is 18.4 Å². The van der Waals surface area contributed by atoms with Crippen LogP contribution in [0.3, 0.4) is 0 Å². The number of unbranched alkanes of at least 4 members (excludes halogenated alkanes) is 5. The summed E-state index contributed by atoms with van der Waals surface area (Å²) in [4.78, 5) is 3.26. The molecule has 0 amide bonds. The highest BCUT2D eigenvalue weighted by atomic mass is 15.1. The van der Waals surface area contributed by atoms with Crippen molar-refractivity contribution in [3.05, 3.63) is 54.6 Å². The Hall–Kier alpha value is -1.57. The third-order valence-corrected chi connectivity index (χ3v) is 5.37. The summed E-state index contributed by atoms with van der Waals surface area (Å²) in [6.07, 6.45) is 19.7. The van der Waals surface area contributed by atoms with Crippen LogP contribution < -0.4 is 4.57 Å². The van der Waals surface area contributed by atoms with E-state index in [1.54, 1.807) is 0 Å². The van der Waals surface area contributed by atoms with Gasteiger partial charge in [-0.05, 0) is 31.2 Å². The van der Waals surface area contributed by atoms with Gasteiger partial charge in [-0.25, -0.2) is 4.57 Å². The van der Waals surface area contributed by atoms with E-state index in [4.69, 9.17) is 0 Å². The van der Waals surface area contributed by atoms with Crippen molar-refractivity contribution in [2.75, 3.05) is 0 Å². The smallest absolute Gasteiger partial charge is 0.241 e. The van der Waals surface area contributed by atoms with Crippen LogP contribution in [0.25, 0.3) is 0 Å². The minimum Gasteiger partial charge on any atom is -0.250 e. The molecule has 0 radical (unpaired) electrons. The molecule has 0 fully saturated rings. The van der Waals surface area contributed by atoms with E-state index >= 15 is 0 Å². The first-order chi connectivity index (χ1) is 12.3. The SMILES string of the molecule is CCCCCCCC(C(CCCC)Cc1ccccc1)[n+]1cc[nH]c1. The van der Waals surface area contributed by atoms with Gasteiger partial charge in [-0.3, -0.25) is 4.98 Å². The number of aromatic amines is 1. The standard InChI is InChI=1S/C23H36N2/c1-3-5-7-8-12-16-23(25-18-17-24-20-25)22(15-6-4-2)19-21-13-10-9-11-14-21/h9-11,13-14,17-18,20,22-23H,3-8,12,15-16,19H2,1-2H3/p+1. The van der Waals surface area contributed by atoms with Crippen LogP contribution >= 0.6 is 0 Å². The van der Waals surface area contributed by atoms with E-state index in [1.165, 1.54) is 69.8 Å². The fourth-order valence-corrected chi connectivity index (χ4v) is 3.91. The molecule has 2 aromatic rings. The highest BCUT2D eigenvalue weighted by Gasteiger charge is 2.26. The lowest BCUT2D eigenvalue weighted by atomic mass is 9.85. The summed E-state index contributed by atoms with van der Waals surface area (Å²) < 4.78 is 2.43. The maximum Gasteiger partial charge on any atom is 0.241 e. The normalized spacial score (nSPS) is 13.7. The van der Waals surface area contributed by atoms with Crippen LogP contribution in [0.5, 0.6) is 0 Å². The second kappa shape index (κ2) is 11.9. The van der Waals surface area contributed by atoms with Crippen LogP contribution in [0, 0.1) is 5.92 Å². The Morgan fingerprint density at radius 1 is 0.880 bits per heavy atom. The first-order valence-electron chi connectivity index (χ1n) is 10.4. The molecule has 0 aliphatic rings. The van der Waals surface area contributed by atoms with Gasteiger partial charge in [-0.2, -0.15) is 0 Å². The number of rotatable bonds is 13. The average molecular weight is 342 g/mol. The molecular weight excluding hydrogens is 304 g/mol. The summed E-state index contributed by atoms with van der Waals surface area (Å²) in [5.41, 5.74) is 1.48. The van der Waals surface area contributed by atoms with Crippen molar-refractivity contribution >= 4 is 0 Å². The van der Waals surface area contributed by atoms with Gasteiger partial charge in [-0.1, -0.05) is 82.7 Å². The van der Waals surface area contributed by atoms with Crippen molar-refractivity contribution in [3.63, 3.8) is 0 Å². The maximum absolute atomic E-state index is 3.26. The molecule has 2 nitrogen and oxygen atoms in total. The second-order valence-electron chi connectivity index (χ2n) is 7.42. The number of nitrogens with zero attached hydrogens (tertiary/aromatic N) is 1. The number of H-pyrrole nitrogens is 1. The Bertz CT molecular complexity index is 532. The maximum atomic E-state index is 3.26. The molecule has 0 bridgehead atoms. The van der Waals surface area contributed by atoms with E-state index in [-0.39, 0.29) is 0 Å². The Morgan fingerprint density at radius 3 is 2.32 bits per heavy atom. The van der Waals surface area contributed by atoms with Crippen LogP contribution in [0.4, 0.5) is 0 Å². The van der Waals surface area contributed by atoms with E-state index in [1.807, 2.05) is 0 Å². The van der Waals surface area contributed by atoms with Gasteiger partial charge in [0.15, 0.2) is 0 Å². The highest BCUT2D eigenvalue weighted by Crippen LogP contribution is 2.28.